The minimum Gasteiger partial charge on any atom is -0.289 e. The Hall–Kier alpha value is -1.47. The molecule has 2 N–H and O–H groups in total. The third-order valence-corrected chi connectivity index (χ3v) is 2.01. The van der Waals surface area contributed by atoms with Gasteiger partial charge in [0, 0.05) is 12.1 Å². The summed E-state index contributed by atoms with van der Waals surface area (Å²) in [5.41, 5.74) is 0.898. The van der Waals surface area contributed by atoms with Crippen molar-refractivity contribution in [3.63, 3.8) is 0 Å². The number of rotatable bonds is 3. The molecule has 1 atom stereocenters. The Labute approximate surface area is 82.5 Å². The van der Waals surface area contributed by atoms with E-state index in [4.69, 9.17) is 4.55 Å². The predicted octanol–water partition coefficient (Wildman–Crippen LogP) is 1.45. The van der Waals surface area contributed by atoms with Gasteiger partial charge in [0.15, 0.2) is 0 Å². The summed E-state index contributed by atoms with van der Waals surface area (Å²) < 4.78 is 21.2. The fourth-order valence-electron chi connectivity index (χ4n) is 0.970. The summed E-state index contributed by atoms with van der Waals surface area (Å²) in [5, 5.41) is 10.4. The zero-order chi connectivity index (χ0) is 10.7. The summed E-state index contributed by atoms with van der Waals surface area (Å²) in [6.45, 7) is 1.61. The van der Waals surface area contributed by atoms with Crippen molar-refractivity contribution in [2.45, 2.75) is 6.92 Å². The molecule has 0 heterocycles. The monoisotopic (exact) mass is 216 g/mol. The number of nitrogens with one attached hydrogen (secondary N) is 1. The van der Waals surface area contributed by atoms with Crippen molar-refractivity contribution < 1.29 is 13.7 Å². The van der Waals surface area contributed by atoms with Crippen LogP contribution in [-0.2, 0) is 11.3 Å². The lowest BCUT2D eigenvalue weighted by Crippen LogP contribution is -2.03. The summed E-state index contributed by atoms with van der Waals surface area (Å²) in [5.74, 6) is 0. The van der Waals surface area contributed by atoms with Crippen LogP contribution in [0.4, 0.5) is 11.4 Å². The van der Waals surface area contributed by atoms with Gasteiger partial charge in [0.1, 0.15) is 0 Å². The van der Waals surface area contributed by atoms with Crippen LogP contribution in [-0.4, -0.2) is 13.7 Å². The molecular formula is C7H8N2O4S. The molecule has 0 radical (unpaired) electrons. The fourth-order valence-corrected chi connectivity index (χ4v) is 1.39. The number of nitro benzene ring substituents is 1. The summed E-state index contributed by atoms with van der Waals surface area (Å²) in [4.78, 5) is 9.84. The van der Waals surface area contributed by atoms with Gasteiger partial charge in [0.2, 0.25) is 0 Å². The molecule has 1 aromatic rings. The molecule has 0 bridgehead atoms. The van der Waals surface area contributed by atoms with Crippen molar-refractivity contribution in [2.24, 2.45) is 0 Å². The highest BCUT2D eigenvalue weighted by atomic mass is 32.2. The lowest BCUT2D eigenvalue weighted by molar-refractivity contribution is -0.384. The maximum Gasteiger partial charge on any atom is 0.269 e. The molecule has 0 fully saturated rings. The molecule has 0 aromatic heterocycles. The highest BCUT2D eigenvalue weighted by Gasteiger charge is 2.08. The molecule has 1 aromatic carbocycles. The van der Waals surface area contributed by atoms with Crippen molar-refractivity contribution in [1.82, 2.24) is 0 Å². The second-order valence-electron chi connectivity index (χ2n) is 2.61. The van der Waals surface area contributed by atoms with E-state index in [-0.39, 0.29) is 5.69 Å². The van der Waals surface area contributed by atoms with Crippen LogP contribution in [0.5, 0.6) is 0 Å². The molecule has 0 saturated carbocycles. The average Bonchev–Trinajstić information content (AvgIpc) is 2.07. The predicted molar refractivity (Wildman–Crippen MR) is 52.2 cm³/mol. The van der Waals surface area contributed by atoms with Crippen LogP contribution in [0.3, 0.4) is 0 Å². The van der Waals surface area contributed by atoms with E-state index in [2.05, 4.69) is 4.72 Å². The molecule has 0 saturated heterocycles. The molecular weight excluding hydrogens is 208 g/mol. The lowest BCUT2D eigenvalue weighted by atomic mass is 10.2. The van der Waals surface area contributed by atoms with Crippen LogP contribution >= 0.6 is 0 Å². The topological polar surface area (TPSA) is 92.5 Å². The van der Waals surface area contributed by atoms with Crippen LogP contribution in [0.2, 0.25) is 0 Å². The Balaban J connectivity index is 3.01. The third-order valence-electron chi connectivity index (χ3n) is 1.62. The van der Waals surface area contributed by atoms with Gasteiger partial charge in [0.05, 0.1) is 10.6 Å². The third kappa shape index (κ3) is 2.51. The van der Waals surface area contributed by atoms with E-state index >= 15 is 0 Å². The summed E-state index contributed by atoms with van der Waals surface area (Å²) in [6, 6.07) is 3.99. The van der Waals surface area contributed by atoms with E-state index in [1.807, 2.05) is 0 Å². The first-order valence-electron chi connectivity index (χ1n) is 3.63. The molecule has 14 heavy (non-hydrogen) atoms. The molecule has 6 nitrogen and oxygen atoms in total. The number of nitrogens with zero attached hydrogens (tertiary/aromatic N) is 1. The van der Waals surface area contributed by atoms with Crippen molar-refractivity contribution in [2.75, 3.05) is 4.72 Å². The van der Waals surface area contributed by atoms with Gasteiger partial charge in [-0.15, -0.1) is 0 Å². The number of hydrogen-bond acceptors (Lipinski definition) is 3. The zero-order valence-electron chi connectivity index (χ0n) is 7.26. The molecule has 1 unspecified atom stereocenters. The van der Waals surface area contributed by atoms with Gasteiger partial charge in [-0.05, 0) is 18.6 Å². The second-order valence-corrected chi connectivity index (χ2v) is 3.31. The average molecular weight is 216 g/mol. The van der Waals surface area contributed by atoms with Gasteiger partial charge in [-0.3, -0.25) is 19.4 Å². The maximum absolute atomic E-state index is 10.4. The Morgan fingerprint density at radius 1 is 1.57 bits per heavy atom. The summed E-state index contributed by atoms with van der Waals surface area (Å²) in [7, 11) is 0. The van der Waals surface area contributed by atoms with Gasteiger partial charge >= 0.3 is 0 Å². The number of non-ortho nitro benzene ring substituents is 1. The van der Waals surface area contributed by atoms with Crippen molar-refractivity contribution in [1.29, 1.82) is 0 Å². The first kappa shape index (κ1) is 10.6. The van der Waals surface area contributed by atoms with Gasteiger partial charge in [-0.1, -0.05) is 0 Å². The largest absolute Gasteiger partial charge is 0.289 e. The highest BCUT2D eigenvalue weighted by Crippen LogP contribution is 2.21. The van der Waals surface area contributed by atoms with Crippen LogP contribution in [0.15, 0.2) is 18.2 Å². The summed E-state index contributed by atoms with van der Waals surface area (Å²) in [6.07, 6.45) is 0. The van der Waals surface area contributed by atoms with Crippen LogP contribution < -0.4 is 4.72 Å². The van der Waals surface area contributed by atoms with Crippen molar-refractivity contribution >= 4 is 22.6 Å². The molecule has 76 valence electrons. The Morgan fingerprint density at radius 2 is 2.21 bits per heavy atom. The SMILES string of the molecule is Cc1cc([N+](=O)[O-])ccc1NS(=O)O. The van der Waals surface area contributed by atoms with Crippen LogP contribution in [0.25, 0.3) is 0 Å². The smallest absolute Gasteiger partial charge is 0.269 e. The molecule has 1 rings (SSSR count). The maximum atomic E-state index is 10.4. The minimum atomic E-state index is -2.16. The van der Waals surface area contributed by atoms with Gasteiger partial charge < -0.3 is 0 Å². The standard InChI is InChI=1S/C7H8N2O4S/c1-5-4-6(9(10)11)2-3-7(5)8-14(12)13/h2-4,8H,1H3,(H,12,13). The second kappa shape index (κ2) is 4.16. The van der Waals surface area contributed by atoms with E-state index in [0.717, 1.165) is 0 Å². The van der Waals surface area contributed by atoms with E-state index in [1.165, 1.54) is 18.2 Å². The number of hydrogen-bond donors (Lipinski definition) is 2. The minimum absolute atomic E-state index is 0.0447. The van der Waals surface area contributed by atoms with Crippen molar-refractivity contribution in [3.05, 3.63) is 33.9 Å². The molecule has 7 heteroatoms. The Bertz CT molecular complexity index is 393. The number of nitro groups is 1. The molecule has 0 spiro atoms. The molecule has 0 aliphatic heterocycles. The molecule has 0 aliphatic carbocycles. The van der Waals surface area contributed by atoms with Gasteiger partial charge in [-0.25, -0.2) is 4.21 Å². The number of anilines is 1. The first-order chi connectivity index (χ1) is 6.50. The van der Waals surface area contributed by atoms with Gasteiger partial charge in [0.25, 0.3) is 17.0 Å². The first-order valence-corrected chi connectivity index (χ1v) is 4.74. The van der Waals surface area contributed by atoms with E-state index in [1.54, 1.807) is 6.92 Å². The highest BCUT2D eigenvalue weighted by molar-refractivity contribution is 7.80. The summed E-state index contributed by atoms with van der Waals surface area (Å²) >= 11 is -2.16. The van der Waals surface area contributed by atoms with Crippen LogP contribution in [0, 0.1) is 17.0 Å². The fraction of sp³-hybridized carbons (Fsp3) is 0.143. The Morgan fingerprint density at radius 3 is 2.64 bits per heavy atom. The van der Waals surface area contributed by atoms with E-state index < -0.39 is 16.2 Å². The number of benzene rings is 1. The van der Waals surface area contributed by atoms with E-state index in [9.17, 15) is 14.3 Å². The quantitative estimate of drug-likeness (QED) is 0.454. The van der Waals surface area contributed by atoms with E-state index in [0.29, 0.717) is 11.3 Å². The zero-order valence-corrected chi connectivity index (χ0v) is 8.08. The lowest BCUT2D eigenvalue weighted by Gasteiger charge is -2.04. The van der Waals surface area contributed by atoms with Gasteiger partial charge in [-0.2, -0.15) is 0 Å². The normalized spacial score (nSPS) is 12.1. The molecule has 0 aliphatic rings. The Kier molecular flexibility index (Phi) is 3.15. The van der Waals surface area contributed by atoms with Crippen LogP contribution in [0.1, 0.15) is 5.56 Å². The molecule has 0 amide bonds. The van der Waals surface area contributed by atoms with Crippen molar-refractivity contribution in [3.8, 4) is 0 Å². The number of aryl methyl sites for hydroxylation is 1.